The second kappa shape index (κ2) is 13.1. The molecule has 0 fully saturated rings. The summed E-state index contributed by atoms with van der Waals surface area (Å²) in [6, 6.07) is 4.22. The van der Waals surface area contributed by atoms with Gasteiger partial charge in [-0.15, -0.1) is 0 Å². The number of benzene rings is 1. The van der Waals surface area contributed by atoms with E-state index < -0.39 is 10.0 Å². The number of allylic oxidation sites excluding steroid dienone is 1. The SMILES string of the molecule is CC(=O)N1CCC/C=C/CN(C)C(=O)c2cc(S(=O)(=O)NCC(C)C)ccc2OC[C@@H]1CC(C)C. The van der Waals surface area contributed by atoms with Crippen molar-refractivity contribution in [2.24, 2.45) is 11.8 Å². The van der Waals surface area contributed by atoms with Gasteiger partial charge in [-0.05, 0) is 49.3 Å². The second-order valence-electron chi connectivity index (χ2n) is 10.0. The number of carbonyl (C=O) groups is 2. The van der Waals surface area contributed by atoms with Crippen molar-refractivity contribution in [3.63, 3.8) is 0 Å². The molecule has 0 saturated carbocycles. The number of nitrogens with one attached hydrogen (secondary N) is 1. The maximum absolute atomic E-state index is 13.3. The molecule has 0 aromatic heterocycles. The largest absolute Gasteiger partial charge is 0.491 e. The number of carbonyl (C=O) groups excluding carboxylic acids is 2. The molecule has 1 aliphatic rings. The lowest BCUT2D eigenvalue weighted by atomic mass is 10.0. The minimum atomic E-state index is -3.78. The van der Waals surface area contributed by atoms with E-state index in [-0.39, 0.29) is 40.8 Å². The smallest absolute Gasteiger partial charge is 0.257 e. The van der Waals surface area contributed by atoms with Gasteiger partial charge in [-0.2, -0.15) is 0 Å². The molecule has 0 spiro atoms. The van der Waals surface area contributed by atoms with Crippen LogP contribution < -0.4 is 9.46 Å². The normalized spacial score (nSPS) is 19.3. The molecule has 0 saturated heterocycles. The van der Waals surface area contributed by atoms with Crippen molar-refractivity contribution in [3.05, 3.63) is 35.9 Å². The fourth-order valence-electron chi connectivity index (χ4n) is 3.96. The summed E-state index contributed by atoms with van der Waals surface area (Å²) in [6.07, 6.45) is 6.30. The van der Waals surface area contributed by atoms with Crippen LogP contribution in [0.25, 0.3) is 0 Å². The van der Waals surface area contributed by atoms with E-state index >= 15 is 0 Å². The van der Waals surface area contributed by atoms with Crippen molar-refractivity contribution in [1.29, 1.82) is 0 Å². The lowest BCUT2D eigenvalue weighted by Gasteiger charge is -2.32. The van der Waals surface area contributed by atoms with Crippen molar-refractivity contribution in [3.8, 4) is 5.75 Å². The van der Waals surface area contributed by atoms with Gasteiger partial charge >= 0.3 is 0 Å². The first-order chi connectivity index (χ1) is 16.4. The van der Waals surface area contributed by atoms with E-state index in [1.807, 2.05) is 30.9 Å². The van der Waals surface area contributed by atoms with Crippen molar-refractivity contribution in [2.45, 2.75) is 64.8 Å². The van der Waals surface area contributed by atoms with Crippen LogP contribution in [0.2, 0.25) is 0 Å². The van der Waals surface area contributed by atoms with E-state index in [4.69, 9.17) is 4.74 Å². The predicted molar refractivity (Wildman–Crippen MR) is 138 cm³/mol. The molecule has 196 valence electrons. The van der Waals surface area contributed by atoms with Crippen molar-refractivity contribution < 1.29 is 22.7 Å². The van der Waals surface area contributed by atoms with E-state index in [0.717, 1.165) is 19.3 Å². The summed E-state index contributed by atoms with van der Waals surface area (Å²) in [4.78, 5) is 29.2. The molecule has 0 radical (unpaired) electrons. The van der Waals surface area contributed by atoms with Gasteiger partial charge in [0.1, 0.15) is 12.4 Å². The fourth-order valence-corrected chi connectivity index (χ4v) is 5.20. The monoisotopic (exact) mass is 507 g/mol. The summed E-state index contributed by atoms with van der Waals surface area (Å²) in [5, 5.41) is 0. The zero-order valence-electron chi connectivity index (χ0n) is 21.9. The summed E-state index contributed by atoms with van der Waals surface area (Å²) in [7, 11) is -2.10. The van der Waals surface area contributed by atoms with Gasteiger partial charge in [-0.1, -0.05) is 39.8 Å². The maximum atomic E-state index is 13.3. The van der Waals surface area contributed by atoms with Crippen LogP contribution >= 0.6 is 0 Å². The van der Waals surface area contributed by atoms with Gasteiger partial charge in [0, 0.05) is 33.6 Å². The van der Waals surface area contributed by atoms with E-state index in [1.54, 1.807) is 14.0 Å². The average Bonchev–Trinajstić information content (AvgIpc) is 2.78. The molecular formula is C26H41N3O5S. The Morgan fingerprint density at radius 3 is 2.51 bits per heavy atom. The van der Waals surface area contributed by atoms with Gasteiger partial charge in [-0.25, -0.2) is 13.1 Å². The third kappa shape index (κ3) is 8.65. The van der Waals surface area contributed by atoms with Crippen LogP contribution in [0, 0.1) is 11.8 Å². The highest BCUT2D eigenvalue weighted by atomic mass is 32.2. The van der Waals surface area contributed by atoms with Crippen LogP contribution in [0.3, 0.4) is 0 Å². The van der Waals surface area contributed by atoms with Gasteiger partial charge in [0.2, 0.25) is 15.9 Å². The van der Waals surface area contributed by atoms with Crippen LogP contribution in [0.4, 0.5) is 0 Å². The molecule has 1 aromatic carbocycles. The number of likely N-dealkylation sites (N-methyl/N-ethyl adjacent to an activating group) is 1. The highest BCUT2D eigenvalue weighted by Gasteiger charge is 2.26. The van der Waals surface area contributed by atoms with Crippen LogP contribution in [0.5, 0.6) is 5.75 Å². The first kappa shape index (κ1) is 28.8. The first-order valence-corrected chi connectivity index (χ1v) is 13.8. The molecule has 0 bridgehead atoms. The van der Waals surface area contributed by atoms with E-state index in [9.17, 15) is 18.0 Å². The Balaban J connectivity index is 2.48. The van der Waals surface area contributed by atoms with Crippen molar-refractivity contribution >= 4 is 21.8 Å². The molecule has 0 aliphatic carbocycles. The average molecular weight is 508 g/mol. The lowest BCUT2D eigenvalue weighted by molar-refractivity contribution is -0.132. The minimum absolute atomic E-state index is 0.0102. The quantitative estimate of drug-likeness (QED) is 0.593. The zero-order chi connectivity index (χ0) is 26.2. The summed E-state index contributed by atoms with van der Waals surface area (Å²) in [5.41, 5.74) is 0.183. The Morgan fingerprint density at radius 1 is 1.17 bits per heavy atom. The van der Waals surface area contributed by atoms with E-state index in [0.29, 0.717) is 31.3 Å². The van der Waals surface area contributed by atoms with E-state index in [1.165, 1.54) is 23.1 Å². The molecular weight excluding hydrogens is 466 g/mol. The second-order valence-corrected chi connectivity index (χ2v) is 11.8. The lowest BCUT2D eigenvalue weighted by Crippen LogP contribution is -2.44. The molecule has 2 rings (SSSR count). The molecule has 9 heteroatoms. The number of fused-ring (bicyclic) bond motifs is 1. The van der Waals surface area contributed by atoms with Crippen LogP contribution in [0.15, 0.2) is 35.2 Å². The highest BCUT2D eigenvalue weighted by Crippen LogP contribution is 2.26. The van der Waals surface area contributed by atoms with Crippen LogP contribution in [-0.4, -0.2) is 69.4 Å². The Hall–Kier alpha value is -2.39. The number of hydrogen-bond donors (Lipinski definition) is 1. The van der Waals surface area contributed by atoms with Gasteiger partial charge in [0.05, 0.1) is 16.5 Å². The number of ether oxygens (including phenoxy) is 1. The third-order valence-corrected chi connectivity index (χ3v) is 7.28. The molecule has 1 N–H and O–H groups in total. The van der Waals surface area contributed by atoms with Crippen LogP contribution in [0.1, 0.15) is 64.2 Å². The Morgan fingerprint density at radius 2 is 1.89 bits per heavy atom. The number of amides is 2. The van der Waals surface area contributed by atoms with Gasteiger partial charge in [0.15, 0.2) is 0 Å². The topological polar surface area (TPSA) is 96.0 Å². The Kier molecular flexibility index (Phi) is 10.8. The number of rotatable bonds is 6. The van der Waals surface area contributed by atoms with E-state index in [2.05, 4.69) is 18.6 Å². The molecule has 1 aliphatic heterocycles. The van der Waals surface area contributed by atoms with Crippen LogP contribution in [-0.2, 0) is 14.8 Å². The maximum Gasteiger partial charge on any atom is 0.257 e. The summed E-state index contributed by atoms with van der Waals surface area (Å²) >= 11 is 0. The van der Waals surface area contributed by atoms with Gasteiger partial charge in [-0.3, -0.25) is 9.59 Å². The standard InChI is InChI=1S/C26H41N3O5S/c1-19(2)15-22-18-34-25-12-11-23(35(32,33)27-17-20(3)4)16-24(25)26(31)28(6)13-9-7-8-10-14-29(22)21(5)30/h7,9,11-12,16,19-20,22,27H,8,10,13-15,17-18H2,1-6H3/b9-7+/t22-/m0/s1. The van der Waals surface area contributed by atoms with Crippen molar-refractivity contribution in [2.75, 3.05) is 33.3 Å². The third-order valence-electron chi connectivity index (χ3n) is 5.86. The zero-order valence-corrected chi connectivity index (χ0v) is 22.7. The molecule has 35 heavy (non-hydrogen) atoms. The highest BCUT2D eigenvalue weighted by molar-refractivity contribution is 7.89. The van der Waals surface area contributed by atoms with Gasteiger partial charge < -0.3 is 14.5 Å². The Labute approximate surface area is 210 Å². The summed E-state index contributed by atoms with van der Waals surface area (Å²) < 4.78 is 34.4. The summed E-state index contributed by atoms with van der Waals surface area (Å²) in [5.74, 6) is 0.460. The molecule has 2 amide bonds. The number of hydrogen-bond acceptors (Lipinski definition) is 5. The van der Waals surface area contributed by atoms with Crippen molar-refractivity contribution in [1.82, 2.24) is 14.5 Å². The molecule has 8 nitrogen and oxygen atoms in total. The predicted octanol–water partition coefficient (Wildman–Crippen LogP) is 3.68. The number of sulfonamides is 1. The molecule has 1 heterocycles. The summed E-state index contributed by atoms with van der Waals surface area (Å²) in [6.45, 7) is 11.1. The fraction of sp³-hybridized carbons (Fsp3) is 0.615. The Bertz CT molecular complexity index is 1000. The number of nitrogens with zero attached hydrogens (tertiary/aromatic N) is 2. The molecule has 1 atom stereocenters. The molecule has 1 aromatic rings. The molecule has 0 unspecified atom stereocenters. The van der Waals surface area contributed by atoms with Gasteiger partial charge in [0.25, 0.3) is 5.91 Å². The minimum Gasteiger partial charge on any atom is -0.491 e. The first-order valence-electron chi connectivity index (χ1n) is 12.4.